The highest BCUT2D eigenvalue weighted by Gasteiger charge is 2.27. The second kappa shape index (κ2) is 8.83. The van der Waals surface area contributed by atoms with E-state index in [1.165, 1.54) is 12.7 Å². The van der Waals surface area contributed by atoms with Gasteiger partial charge in [0.1, 0.15) is 0 Å². The number of amides is 1. The summed E-state index contributed by atoms with van der Waals surface area (Å²) < 4.78 is 25.6. The Morgan fingerprint density at radius 2 is 1.83 bits per heavy atom. The van der Waals surface area contributed by atoms with Crippen molar-refractivity contribution in [1.82, 2.24) is 9.62 Å². The molecule has 0 unspecified atom stereocenters. The number of benzene rings is 1. The molecule has 134 valence electrons. The molecule has 5 nitrogen and oxygen atoms in total. The first-order chi connectivity index (χ1) is 11.4. The molecule has 0 heterocycles. The second-order valence-corrected chi connectivity index (χ2v) is 8.69. The Balaban J connectivity index is 1.83. The Hall–Kier alpha value is -1.11. The third-order valence-corrected chi connectivity index (χ3v) is 5.92. The van der Waals surface area contributed by atoms with Crippen molar-refractivity contribution in [1.29, 1.82) is 0 Å². The molecule has 0 bridgehead atoms. The number of hydrogen-bond donors (Lipinski definition) is 1. The molecule has 1 saturated carbocycles. The van der Waals surface area contributed by atoms with Crippen molar-refractivity contribution < 1.29 is 13.2 Å². The molecule has 1 fully saturated rings. The molecule has 0 aliphatic heterocycles. The maximum absolute atomic E-state index is 12.0. The zero-order valence-electron chi connectivity index (χ0n) is 14.0. The average molecular weight is 373 g/mol. The van der Waals surface area contributed by atoms with Gasteiger partial charge in [-0.1, -0.05) is 43.0 Å². The molecular formula is C17H25ClN2O3S. The maximum Gasteiger partial charge on any atom is 0.224 e. The van der Waals surface area contributed by atoms with Crippen LogP contribution in [0, 0.1) is 0 Å². The quantitative estimate of drug-likeness (QED) is 0.800. The molecule has 1 aliphatic rings. The number of nitrogens with one attached hydrogen (secondary N) is 1. The van der Waals surface area contributed by atoms with E-state index < -0.39 is 10.0 Å². The number of sulfonamides is 1. The molecule has 1 amide bonds. The van der Waals surface area contributed by atoms with E-state index in [2.05, 4.69) is 5.32 Å². The highest BCUT2D eigenvalue weighted by molar-refractivity contribution is 7.88. The third kappa shape index (κ3) is 6.07. The van der Waals surface area contributed by atoms with Crippen LogP contribution < -0.4 is 5.32 Å². The van der Waals surface area contributed by atoms with Crippen LogP contribution in [0.1, 0.15) is 37.7 Å². The van der Waals surface area contributed by atoms with Gasteiger partial charge in [0.05, 0.1) is 12.7 Å². The Labute approximate surface area is 149 Å². The second-order valence-electron chi connectivity index (χ2n) is 6.32. The molecule has 0 radical (unpaired) electrons. The molecule has 24 heavy (non-hydrogen) atoms. The summed E-state index contributed by atoms with van der Waals surface area (Å²) in [7, 11) is -3.26. The van der Waals surface area contributed by atoms with E-state index in [-0.39, 0.29) is 18.4 Å². The molecule has 1 aromatic carbocycles. The number of carbonyl (C=O) groups is 1. The molecule has 0 atom stereocenters. The standard InChI is InChI=1S/C17H25ClN2O3S/c1-24(22,23)20(16-5-3-2-4-6-16)12-11-19-17(21)13-14-7-9-15(18)10-8-14/h7-10,16H,2-6,11-13H2,1H3,(H,19,21). The van der Waals surface area contributed by atoms with Crippen LogP contribution in [-0.2, 0) is 21.2 Å². The molecule has 1 aliphatic carbocycles. The van der Waals surface area contributed by atoms with Crippen molar-refractivity contribution in [3.63, 3.8) is 0 Å². The van der Waals surface area contributed by atoms with Gasteiger partial charge in [0.2, 0.25) is 15.9 Å². The van der Waals surface area contributed by atoms with Crippen LogP contribution >= 0.6 is 11.6 Å². The van der Waals surface area contributed by atoms with Crippen LogP contribution in [0.5, 0.6) is 0 Å². The Kier molecular flexibility index (Phi) is 7.07. The van der Waals surface area contributed by atoms with Gasteiger partial charge in [-0.25, -0.2) is 8.42 Å². The summed E-state index contributed by atoms with van der Waals surface area (Å²) in [6.45, 7) is 0.659. The molecule has 0 saturated heterocycles. The number of halogens is 1. The minimum atomic E-state index is -3.26. The lowest BCUT2D eigenvalue weighted by molar-refractivity contribution is -0.120. The molecule has 1 aromatic rings. The van der Waals surface area contributed by atoms with E-state index in [9.17, 15) is 13.2 Å². The summed E-state index contributed by atoms with van der Waals surface area (Å²) in [6.07, 6.45) is 6.64. The topological polar surface area (TPSA) is 66.5 Å². The third-order valence-electron chi connectivity index (χ3n) is 4.34. The molecule has 2 rings (SSSR count). The predicted molar refractivity (Wildman–Crippen MR) is 96.6 cm³/mol. The Morgan fingerprint density at radius 3 is 2.42 bits per heavy atom. The van der Waals surface area contributed by atoms with Crippen molar-refractivity contribution in [3.8, 4) is 0 Å². The average Bonchev–Trinajstić information content (AvgIpc) is 2.53. The van der Waals surface area contributed by atoms with Gasteiger partial charge in [-0.15, -0.1) is 0 Å². The lowest BCUT2D eigenvalue weighted by Gasteiger charge is -2.32. The smallest absolute Gasteiger partial charge is 0.224 e. The summed E-state index contributed by atoms with van der Waals surface area (Å²) in [5.74, 6) is -0.116. The lowest BCUT2D eigenvalue weighted by atomic mass is 9.95. The van der Waals surface area contributed by atoms with E-state index in [0.29, 0.717) is 18.1 Å². The van der Waals surface area contributed by atoms with Gasteiger partial charge in [0.15, 0.2) is 0 Å². The highest BCUT2D eigenvalue weighted by atomic mass is 35.5. The number of carbonyl (C=O) groups excluding carboxylic acids is 1. The van der Waals surface area contributed by atoms with Crippen molar-refractivity contribution in [2.45, 2.75) is 44.6 Å². The van der Waals surface area contributed by atoms with E-state index in [1.54, 1.807) is 16.4 Å². The van der Waals surface area contributed by atoms with Crippen LogP contribution in [0.2, 0.25) is 5.02 Å². The van der Waals surface area contributed by atoms with Crippen LogP contribution in [0.3, 0.4) is 0 Å². The Morgan fingerprint density at radius 1 is 1.21 bits per heavy atom. The first-order valence-electron chi connectivity index (χ1n) is 8.34. The summed E-state index contributed by atoms with van der Waals surface area (Å²) in [5.41, 5.74) is 0.879. The van der Waals surface area contributed by atoms with Crippen LogP contribution in [0.25, 0.3) is 0 Å². The molecule has 1 N–H and O–H groups in total. The summed E-state index contributed by atoms with van der Waals surface area (Å²) in [6, 6.07) is 7.19. The highest BCUT2D eigenvalue weighted by Crippen LogP contribution is 2.24. The first kappa shape index (κ1) is 19.2. The molecule has 0 aromatic heterocycles. The van der Waals surface area contributed by atoms with Gasteiger partial charge in [-0.05, 0) is 30.5 Å². The van der Waals surface area contributed by atoms with Gasteiger partial charge in [0.25, 0.3) is 0 Å². The largest absolute Gasteiger partial charge is 0.354 e. The molecule has 0 spiro atoms. The minimum Gasteiger partial charge on any atom is -0.354 e. The summed E-state index contributed by atoms with van der Waals surface area (Å²) in [4.78, 5) is 12.0. The number of nitrogens with zero attached hydrogens (tertiary/aromatic N) is 1. The number of rotatable bonds is 7. The predicted octanol–water partition coefficient (Wildman–Crippen LogP) is 2.59. The number of hydrogen-bond acceptors (Lipinski definition) is 3. The van der Waals surface area contributed by atoms with Gasteiger partial charge in [-0.3, -0.25) is 4.79 Å². The van der Waals surface area contributed by atoms with Crippen LogP contribution in [-0.4, -0.2) is 44.0 Å². The van der Waals surface area contributed by atoms with E-state index in [0.717, 1.165) is 31.2 Å². The van der Waals surface area contributed by atoms with Crippen molar-refractivity contribution in [3.05, 3.63) is 34.9 Å². The van der Waals surface area contributed by atoms with Crippen molar-refractivity contribution in [2.75, 3.05) is 19.3 Å². The van der Waals surface area contributed by atoms with E-state index >= 15 is 0 Å². The van der Waals surface area contributed by atoms with Gasteiger partial charge in [0, 0.05) is 24.2 Å². The van der Waals surface area contributed by atoms with Gasteiger partial charge < -0.3 is 5.32 Å². The minimum absolute atomic E-state index is 0.0712. The van der Waals surface area contributed by atoms with E-state index in [1.807, 2.05) is 12.1 Å². The van der Waals surface area contributed by atoms with Gasteiger partial charge >= 0.3 is 0 Å². The molecule has 7 heteroatoms. The summed E-state index contributed by atoms with van der Waals surface area (Å²) in [5, 5.41) is 3.44. The summed E-state index contributed by atoms with van der Waals surface area (Å²) >= 11 is 5.82. The van der Waals surface area contributed by atoms with Crippen LogP contribution in [0.4, 0.5) is 0 Å². The van der Waals surface area contributed by atoms with Crippen molar-refractivity contribution >= 4 is 27.5 Å². The fraction of sp³-hybridized carbons (Fsp3) is 0.588. The lowest BCUT2D eigenvalue weighted by Crippen LogP contribution is -2.45. The zero-order chi connectivity index (χ0) is 17.6. The van der Waals surface area contributed by atoms with E-state index in [4.69, 9.17) is 11.6 Å². The SMILES string of the molecule is CS(=O)(=O)N(CCNC(=O)Cc1ccc(Cl)cc1)C1CCCCC1. The normalized spacial score (nSPS) is 16.3. The zero-order valence-corrected chi connectivity index (χ0v) is 15.6. The first-order valence-corrected chi connectivity index (χ1v) is 10.6. The Bertz CT molecular complexity index is 640. The fourth-order valence-corrected chi connectivity index (χ4v) is 4.45. The fourth-order valence-electron chi connectivity index (χ4n) is 3.14. The maximum atomic E-state index is 12.0. The van der Waals surface area contributed by atoms with Gasteiger partial charge in [-0.2, -0.15) is 4.31 Å². The van der Waals surface area contributed by atoms with Crippen molar-refractivity contribution in [2.24, 2.45) is 0 Å². The monoisotopic (exact) mass is 372 g/mol. The molecular weight excluding hydrogens is 348 g/mol. The van der Waals surface area contributed by atoms with Crippen LogP contribution in [0.15, 0.2) is 24.3 Å².